The van der Waals surface area contributed by atoms with Gasteiger partial charge in [0.1, 0.15) is 5.75 Å². The summed E-state index contributed by atoms with van der Waals surface area (Å²) in [6, 6.07) is 7.29. The van der Waals surface area contributed by atoms with Gasteiger partial charge < -0.3 is 10.5 Å². The Bertz CT molecular complexity index is 538. The largest absolute Gasteiger partial charge is 0.495 e. The molecule has 0 radical (unpaired) electrons. The predicted octanol–water partition coefficient (Wildman–Crippen LogP) is 2.69. The first-order valence-electron chi connectivity index (χ1n) is 5.53. The molecule has 0 saturated heterocycles. The average Bonchev–Trinajstić information content (AvgIpc) is 2.88. The minimum Gasteiger partial charge on any atom is -0.495 e. The van der Waals surface area contributed by atoms with E-state index in [2.05, 4.69) is 11.4 Å². The molecule has 5 heteroatoms. The van der Waals surface area contributed by atoms with Crippen LogP contribution in [-0.4, -0.2) is 17.1 Å². The molecule has 2 rings (SSSR count). The normalized spacial score (nSPS) is 12.3. The average molecular weight is 281 g/mol. The van der Waals surface area contributed by atoms with Crippen molar-refractivity contribution >= 4 is 27.8 Å². The van der Waals surface area contributed by atoms with Crippen molar-refractivity contribution < 1.29 is 8.95 Å². The van der Waals surface area contributed by atoms with Gasteiger partial charge in [0, 0.05) is 17.5 Å². The van der Waals surface area contributed by atoms with Crippen molar-refractivity contribution in [2.75, 3.05) is 18.6 Å². The monoisotopic (exact) mass is 281 g/mol. The summed E-state index contributed by atoms with van der Waals surface area (Å²) in [5.74, 6) is 1.19. The van der Waals surface area contributed by atoms with E-state index in [0.29, 0.717) is 22.1 Å². The van der Waals surface area contributed by atoms with Gasteiger partial charge >= 0.3 is 0 Å². The number of methoxy groups -OCH3 is 1. The number of rotatable bonds is 5. The van der Waals surface area contributed by atoms with Crippen molar-refractivity contribution in [3.63, 3.8) is 0 Å². The van der Waals surface area contributed by atoms with Crippen LogP contribution in [0.4, 0.5) is 5.69 Å². The summed E-state index contributed by atoms with van der Waals surface area (Å²) in [6.45, 7) is 0. The van der Waals surface area contributed by atoms with Crippen LogP contribution >= 0.6 is 11.3 Å². The van der Waals surface area contributed by atoms with Gasteiger partial charge in [-0.2, -0.15) is 11.3 Å². The third-order valence-corrected chi connectivity index (χ3v) is 4.72. The maximum Gasteiger partial charge on any atom is 0.137 e. The highest BCUT2D eigenvalue weighted by molar-refractivity contribution is 7.85. The SMILES string of the molecule is COc1cc(N)ccc1S(=O)CCc1ccsc1. The molecular formula is C13H15NO2S2. The Morgan fingerprint density at radius 3 is 2.89 bits per heavy atom. The van der Waals surface area contributed by atoms with Crippen LogP contribution in [0.2, 0.25) is 0 Å². The van der Waals surface area contributed by atoms with Crippen molar-refractivity contribution in [1.82, 2.24) is 0 Å². The van der Waals surface area contributed by atoms with Crippen LogP contribution in [-0.2, 0) is 17.2 Å². The van der Waals surface area contributed by atoms with Gasteiger partial charge in [0.25, 0.3) is 0 Å². The van der Waals surface area contributed by atoms with Crippen molar-refractivity contribution in [1.29, 1.82) is 0 Å². The third-order valence-electron chi connectivity index (χ3n) is 2.59. The highest BCUT2D eigenvalue weighted by Crippen LogP contribution is 2.25. The molecule has 0 aliphatic rings. The summed E-state index contributed by atoms with van der Waals surface area (Å²) in [5.41, 5.74) is 7.52. The van der Waals surface area contributed by atoms with E-state index in [1.165, 1.54) is 5.56 Å². The standard InChI is InChI=1S/C13H15NO2S2/c1-16-12-8-11(14)2-3-13(12)18(15)7-5-10-4-6-17-9-10/h2-4,6,8-9H,5,7,14H2,1H3. The molecule has 1 unspecified atom stereocenters. The molecule has 1 aromatic heterocycles. The number of anilines is 1. The Hall–Kier alpha value is -1.33. The number of aryl methyl sites for hydroxylation is 1. The summed E-state index contributed by atoms with van der Waals surface area (Å²) in [5, 5.41) is 4.11. The minimum absolute atomic E-state index is 0.594. The molecular weight excluding hydrogens is 266 g/mol. The van der Waals surface area contributed by atoms with Gasteiger partial charge in [0.05, 0.1) is 22.8 Å². The van der Waals surface area contributed by atoms with E-state index in [-0.39, 0.29) is 0 Å². The highest BCUT2D eigenvalue weighted by Gasteiger charge is 2.11. The lowest BCUT2D eigenvalue weighted by Crippen LogP contribution is -2.03. The molecule has 18 heavy (non-hydrogen) atoms. The Labute approximate surface area is 113 Å². The van der Waals surface area contributed by atoms with Crippen LogP contribution in [0.15, 0.2) is 39.9 Å². The number of nitrogens with two attached hydrogens (primary N) is 1. The molecule has 1 atom stereocenters. The van der Waals surface area contributed by atoms with E-state index < -0.39 is 10.8 Å². The fraction of sp³-hybridized carbons (Fsp3) is 0.231. The van der Waals surface area contributed by atoms with E-state index >= 15 is 0 Å². The third kappa shape index (κ3) is 3.11. The van der Waals surface area contributed by atoms with Crippen molar-refractivity contribution in [3.05, 3.63) is 40.6 Å². The second-order valence-electron chi connectivity index (χ2n) is 3.84. The van der Waals surface area contributed by atoms with Crippen LogP contribution in [0.25, 0.3) is 0 Å². The molecule has 2 aromatic rings. The van der Waals surface area contributed by atoms with Crippen LogP contribution in [0.5, 0.6) is 5.75 Å². The summed E-state index contributed by atoms with van der Waals surface area (Å²) in [6.07, 6.45) is 0.809. The van der Waals surface area contributed by atoms with Gasteiger partial charge in [-0.3, -0.25) is 4.21 Å². The first-order chi connectivity index (χ1) is 8.70. The van der Waals surface area contributed by atoms with Crippen LogP contribution in [0, 0.1) is 0 Å². The molecule has 0 saturated carbocycles. The minimum atomic E-state index is -1.06. The fourth-order valence-electron chi connectivity index (χ4n) is 1.63. The Morgan fingerprint density at radius 2 is 2.22 bits per heavy atom. The highest BCUT2D eigenvalue weighted by atomic mass is 32.2. The molecule has 2 N–H and O–H groups in total. The van der Waals surface area contributed by atoms with E-state index in [9.17, 15) is 4.21 Å². The molecule has 0 amide bonds. The Balaban J connectivity index is 2.09. The first kappa shape index (κ1) is 13.1. The maximum atomic E-state index is 12.2. The lowest BCUT2D eigenvalue weighted by Gasteiger charge is -2.08. The molecule has 1 heterocycles. The van der Waals surface area contributed by atoms with Crippen LogP contribution in [0.1, 0.15) is 5.56 Å². The molecule has 0 fully saturated rings. The number of thiophene rings is 1. The quantitative estimate of drug-likeness (QED) is 0.857. The first-order valence-corrected chi connectivity index (χ1v) is 7.80. The van der Waals surface area contributed by atoms with Gasteiger partial charge in [-0.25, -0.2) is 0 Å². The van der Waals surface area contributed by atoms with Crippen LogP contribution in [0.3, 0.4) is 0 Å². The van der Waals surface area contributed by atoms with Gasteiger partial charge in [-0.1, -0.05) is 0 Å². The Morgan fingerprint density at radius 1 is 1.39 bits per heavy atom. The summed E-state index contributed by atoms with van der Waals surface area (Å²) in [4.78, 5) is 0.710. The van der Waals surface area contributed by atoms with Gasteiger partial charge in [-0.15, -0.1) is 0 Å². The zero-order chi connectivity index (χ0) is 13.0. The van der Waals surface area contributed by atoms with Gasteiger partial charge in [-0.05, 0) is 40.9 Å². The molecule has 0 aliphatic heterocycles. The zero-order valence-electron chi connectivity index (χ0n) is 10.1. The van der Waals surface area contributed by atoms with E-state index in [4.69, 9.17) is 10.5 Å². The zero-order valence-corrected chi connectivity index (χ0v) is 11.7. The Kier molecular flexibility index (Phi) is 4.38. The molecule has 3 nitrogen and oxygen atoms in total. The van der Waals surface area contributed by atoms with E-state index in [1.807, 2.05) is 5.38 Å². The van der Waals surface area contributed by atoms with E-state index in [0.717, 1.165) is 6.42 Å². The topological polar surface area (TPSA) is 52.3 Å². The lowest BCUT2D eigenvalue weighted by atomic mass is 10.3. The number of hydrogen-bond donors (Lipinski definition) is 1. The predicted molar refractivity (Wildman–Crippen MR) is 76.7 cm³/mol. The number of benzene rings is 1. The smallest absolute Gasteiger partial charge is 0.137 e. The van der Waals surface area contributed by atoms with Gasteiger partial charge in [0.2, 0.25) is 0 Å². The maximum absolute atomic E-state index is 12.2. The summed E-state index contributed by atoms with van der Waals surface area (Å²) < 4.78 is 17.4. The van der Waals surface area contributed by atoms with Crippen molar-refractivity contribution in [2.45, 2.75) is 11.3 Å². The van der Waals surface area contributed by atoms with Crippen molar-refractivity contribution in [3.8, 4) is 5.75 Å². The molecule has 0 spiro atoms. The second-order valence-corrected chi connectivity index (χ2v) is 6.16. The number of nitrogen functional groups attached to an aromatic ring is 1. The van der Waals surface area contributed by atoms with Gasteiger partial charge in [0.15, 0.2) is 0 Å². The lowest BCUT2D eigenvalue weighted by molar-refractivity contribution is 0.404. The van der Waals surface area contributed by atoms with Crippen molar-refractivity contribution in [2.24, 2.45) is 0 Å². The van der Waals surface area contributed by atoms with E-state index in [1.54, 1.807) is 36.6 Å². The molecule has 1 aromatic carbocycles. The molecule has 0 aliphatic carbocycles. The molecule has 0 bridgehead atoms. The van der Waals surface area contributed by atoms with Crippen LogP contribution < -0.4 is 10.5 Å². The second kappa shape index (κ2) is 6.02. The fourth-order valence-corrected chi connectivity index (χ4v) is 3.56. The summed E-state index contributed by atoms with van der Waals surface area (Å²) in [7, 11) is 0.500. The summed E-state index contributed by atoms with van der Waals surface area (Å²) >= 11 is 1.66. The molecule has 96 valence electrons. The number of hydrogen-bond acceptors (Lipinski definition) is 4. The number of ether oxygens (including phenoxy) is 1.